The zero-order valence-electron chi connectivity index (χ0n) is 14.0. The van der Waals surface area contributed by atoms with Crippen LogP contribution < -0.4 is 4.74 Å². The molecule has 1 aliphatic heterocycles. The maximum Gasteiger partial charge on any atom is 0.136 e. The molecule has 1 atom stereocenters. The van der Waals surface area contributed by atoms with E-state index in [0.717, 1.165) is 23.3 Å². The topological polar surface area (TPSA) is 29.5 Å². The Kier molecular flexibility index (Phi) is 3.24. The van der Waals surface area contributed by atoms with Gasteiger partial charge < -0.3 is 9.84 Å². The first-order valence-corrected chi connectivity index (χ1v) is 7.82. The third kappa shape index (κ3) is 2.37. The summed E-state index contributed by atoms with van der Waals surface area (Å²) in [5, 5.41) is 10.3. The van der Waals surface area contributed by atoms with Gasteiger partial charge in [-0.05, 0) is 55.5 Å². The van der Waals surface area contributed by atoms with Gasteiger partial charge >= 0.3 is 0 Å². The van der Waals surface area contributed by atoms with E-state index in [1.165, 1.54) is 11.1 Å². The Morgan fingerprint density at radius 1 is 0.909 bits per heavy atom. The summed E-state index contributed by atoms with van der Waals surface area (Å²) in [4.78, 5) is 0. The minimum absolute atomic E-state index is 0.00772. The summed E-state index contributed by atoms with van der Waals surface area (Å²) in [6, 6.07) is 12.1. The molecule has 0 spiro atoms. The van der Waals surface area contributed by atoms with Gasteiger partial charge in [0.2, 0.25) is 0 Å². The van der Waals surface area contributed by atoms with Gasteiger partial charge in [-0.25, -0.2) is 0 Å². The van der Waals surface area contributed by atoms with Crippen LogP contribution in [0.15, 0.2) is 36.4 Å². The third-order valence-corrected chi connectivity index (χ3v) is 4.70. The van der Waals surface area contributed by atoms with E-state index >= 15 is 0 Å². The summed E-state index contributed by atoms with van der Waals surface area (Å²) in [6.45, 7) is 10.7. The second kappa shape index (κ2) is 4.77. The van der Waals surface area contributed by atoms with Crippen molar-refractivity contribution in [1.29, 1.82) is 0 Å². The molecular weight excluding hydrogens is 272 g/mol. The van der Waals surface area contributed by atoms with Gasteiger partial charge in [0.1, 0.15) is 17.1 Å². The Balaban J connectivity index is 2.15. The molecular formula is C20H24O2. The normalized spacial score (nSPS) is 22.8. The van der Waals surface area contributed by atoms with Crippen molar-refractivity contribution in [3.63, 3.8) is 0 Å². The van der Waals surface area contributed by atoms with Crippen molar-refractivity contribution in [2.45, 2.75) is 52.1 Å². The largest absolute Gasteiger partial charge is 0.508 e. The Morgan fingerprint density at radius 2 is 1.55 bits per heavy atom. The van der Waals surface area contributed by atoms with Crippen molar-refractivity contribution in [3.05, 3.63) is 58.7 Å². The van der Waals surface area contributed by atoms with Crippen molar-refractivity contribution in [3.8, 4) is 11.5 Å². The average Bonchev–Trinajstić information content (AvgIpc) is 2.39. The molecule has 0 aromatic heterocycles. The molecule has 3 rings (SSSR count). The van der Waals surface area contributed by atoms with Crippen LogP contribution >= 0.6 is 0 Å². The van der Waals surface area contributed by atoms with Crippen LogP contribution in [0.2, 0.25) is 0 Å². The second-order valence-electron chi connectivity index (χ2n) is 7.41. The fraction of sp³-hybridized carbons (Fsp3) is 0.400. The smallest absolute Gasteiger partial charge is 0.136 e. The number of benzene rings is 2. The minimum Gasteiger partial charge on any atom is -0.508 e. The van der Waals surface area contributed by atoms with Crippen LogP contribution in [-0.2, 0) is 11.0 Å². The molecule has 2 aromatic carbocycles. The molecule has 0 radical (unpaired) electrons. The van der Waals surface area contributed by atoms with Gasteiger partial charge in [-0.2, -0.15) is 0 Å². The number of fused-ring (bicyclic) bond motifs is 1. The van der Waals surface area contributed by atoms with E-state index < -0.39 is 5.60 Å². The molecule has 2 heteroatoms. The second-order valence-corrected chi connectivity index (χ2v) is 7.41. The van der Waals surface area contributed by atoms with Gasteiger partial charge in [0, 0.05) is 12.0 Å². The lowest BCUT2D eigenvalue weighted by Gasteiger charge is -2.44. The van der Waals surface area contributed by atoms with Crippen LogP contribution in [0.4, 0.5) is 0 Å². The molecule has 1 heterocycles. The van der Waals surface area contributed by atoms with Gasteiger partial charge in [-0.3, -0.25) is 0 Å². The van der Waals surface area contributed by atoms with Crippen LogP contribution in [0.5, 0.6) is 11.5 Å². The lowest BCUT2D eigenvalue weighted by atomic mass is 9.70. The van der Waals surface area contributed by atoms with Crippen LogP contribution in [0.1, 0.15) is 49.4 Å². The predicted octanol–water partition coefficient (Wildman–Crippen LogP) is 4.98. The van der Waals surface area contributed by atoms with Crippen LogP contribution in [0.3, 0.4) is 0 Å². The first-order valence-electron chi connectivity index (χ1n) is 7.82. The molecule has 1 N–H and O–H groups in total. The van der Waals surface area contributed by atoms with Gasteiger partial charge in [0.25, 0.3) is 0 Å². The van der Waals surface area contributed by atoms with E-state index in [-0.39, 0.29) is 5.41 Å². The predicted molar refractivity (Wildman–Crippen MR) is 89.6 cm³/mol. The molecule has 0 bridgehead atoms. The molecule has 2 aromatic rings. The number of phenolic OH excluding ortho intramolecular Hbond substituents is 1. The molecule has 0 saturated heterocycles. The van der Waals surface area contributed by atoms with Crippen molar-refractivity contribution in [1.82, 2.24) is 0 Å². The standard InChI is InChI=1S/C20H24O2/c1-13-7-9-17(21)16(10-13)20(5)12-19(3,4)15-8-6-14(2)11-18(15)22-20/h6-11,21H,12H2,1-5H3. The number of phenols is 1. The van der Waals surface area contributed by atoms with Crippen molar-refractivity contribution >= 4 is 0 Å². The Hall–Kier alpha value is -1.96. The number of hydrogen-bond acceptors (Lipinski definition) is 2. The molecule has 22 heavy (non-hydrogen) atoms. The first-order chi connectivity index (χ1) is 10.2. The SMILES string of the molecule is Cc1ccc2c(c1)OC(C)(c1cc(C)ccc1O)CC2(C)C. The van der Waals surface area contributed by atoms with Crippen molar-refractivity contribution in [2.24, 2.45) is 0 Å². The lowest BCUT2D eigenvalue weighted by Crippen LogP contribution is -2.41. The van der Waals surface area contributed by atoms with Crippen LogP contribution in [-0.4, -0.2) is 5.11 Å². The van der Waals surface area contributed by atoms with Crippen molar-refractivity contribution < 1.29 is 9.84 Å². The van der Waals surface area contributed by atoms with E-state index in [4.69, 9.17) is 4.74 Å². The fourth-order valence-electron chi connectivity index (χ4n) is 3.71. The molecule has 1 aliphatic rings. The summed E-state index contributed by atoms with van der Waals surface area (Å²) in [5.74, 6) is 1.24. The summed E-state index contributed by atoms with van der Waals surface area (Å²) >= 11 is 0. The number of aryl methyl sites for hydroxylation is 2. The molecule has 0 amide bonds. The highest BCUT2D eigenvalue weighted by atomic mass is 16.5. The maximum atomic E-state index is 10.3. The molecule has 0 aliphatic carbocycles. The Labute approximate surface area is 132 Å². The third-order valence-electron chi connectivity index (χ3n) is 4.70. The number of hydrogen-bond donors (Lipinski definition) is 1. The lowest BCUT2D eigenvalue weighted by molar-refractivity contribution is 0.0304. The monoisotopic (exact) mass is 296 g/mol. The zero-order valence-corrected chi connectivity index (χ0v) is 14.0. The average molecular weight is 296 g/mol. The summed E-state index contributed by atoms with van der Waals surface area (Å²) < 4.78 is 6.40. The summed E-state index contributed by atoms with van der Waals surface area (Å²) in [6.07, 6.45) is 0.826. The maximum absolute atomic E-state index is 10.3. The highest BCUT2D eigenvalue weighted by Crippen LogP contribution is 2.50. The van der Waals surface area contributed by atoms with E-state index in [2.05, 4.69) is 45.9 Å². The minimum atomic E-state index is -0.527. The van der Waals surface area contributed by atoms with E-state index in [0.29, 0.717) is 5.75 Å². The molecule has 1 unspecified atom stereocenters. The van der Waals surface area contributed by atoms with E-state index in [1.54, 1.807) is 6.07 Å². The number of aromatic hydroxyl groups is 1. The molecule has 0 fully saturated rings. The molecule has 0 saturated carbocycles. The van der Waals surface area contributed by atoms with Crippen molar-refractivity contribution in [2.75, 3.05) is 0 Å². The summed E-state index contributed by atoms with van der Waals surface area (Å²) in [5.41, 5.74) is 3.89. The molecule has 2 nitrogen and oxygen atoms in total. The Bertz CT molecular complexity index is 730. The van der Waals surface area contributed by atoms with Gasteiger partial charge in [-0.1, -0.05) is 37.6 Å². The number of ether oxygens (including phenoxy) is 1. The van der Waals surface area contributed by atoms with E-state index in [9.17, 15) is 5.11 Å². The zero-order chi connectivity index (χ0) is 16.1. The highest BCUT2D eigenvalue weighted by Gasteiger charge is 2.44. The van der Waals surface area contributed by atoms with E-state index in [1.807, 2.05) is 19.1 Å². The first kappa shape index (κ1) is 15.0. The quantitative estimate of drug-likeness (QED) is 0.803. The fourth-order valence-corrected chi connectivity index (χ4v) is 3.71. The summed E-state index contributed by atoms with van der Waals surface area (Å²) in [7, 11) is 0. The Morgan fingerprint density at radius 3 is 2.27 bits per heavy atom. The van der Waals surface area contributed by atoms with Gasteiger partial charge in [-0.15, -0.1) is 0 Å². The van der Waals surface area contributed by atoms with Gasteiger partial charge in [0.05, 0.1) is 0 Å². The number of rotatable bonds is 1. The van der Waals surface area contributed by atoms with Crippen LogP contribution in [0, 0.1) is 13.8 Å². The van der Waals surface area contributed by atoms with Gasteiger partial charge in [0.15, 0.2) is 0 Å². The highest BCUT2D eigenvalue weighted by molar-refractivity contribution is 5.48. The molecule has 116 valence electrons. The van der Waals surface area contributed by atoms with Crippen LogP contribution in [0.25, 0.3) is 0 Å².